The largest absolute Gasteiger partial charge is 0.369 e. The molecule has 1 heterocycles. The number of aliphatic hydroxyl groups is 1. The SMILES string of the molecule is O=P(O)(O)C(O)(Cc1nccn1Cc1ccccc1)P(=O)(O)O. The molecule has 0 unspecified atom stereocenters. The summed E-state index contributed by atoms with van der Waals surface area (Å²) in [7, 11) is -11.0. The normalized spacial score (nSPS) is 13.3. The third kappa shape index (κ3) is 3.79. The van der Waals surface area contributed by atoms with E-state index in [0.717, 1.165) is 5.56 Å². The van der Waals surface area contributed by atoms with E-state index >= 15 is 0 Å². The summed E-state index contributed by atoms with van der Waals surface area (Å²) in [6.07, 6.45) is 1.82. The van der Waals surface area contributed by atoms with Gasteiger partial charge in [0.1, 0.15) is 5.82 Å². The molecule has 0 aliphatic rings. The van der Waals surface area contributed by atoms with Gasteiger partial charge in [0.15, 0.2) is 0 Å². The molecule has 5 N–H and O–H groups in total. The Balaban J connectivity index is 2.35. The van der Waals surface area contributed by atoms with Crippen LogP contribution in [0, 0.1) is 0 Å². The van der Waals surface area contributed by atoms with E-state index in [2.05, 4.69) is 4.98 Å². The zero-order valence-corrected chi connectivity index (χ0v) is 13.6. The minimum atomic E-state index is -5.51. The molecule has 0 saturated heterocycles. The van der Waals surface area contributed by atoms with E-state index in [1.165, 1.54) is 17.0 Å². The second kappa shape index (κ2) is 6.30. The second-order valence-corrected chi connectivity index (χ2v) is 9.00. The molecule has 0 amide bonds. The molecule has 126 valence electrons. The number of aromatic nitrogens is 2. The van der Waals surface area contributed by atoms with E-state index < -0.39 is 26.7 Å². The lowest BCUT2D eigenvalue weighted by Gasteiger charge is -2.29. The predicted molar refractivity (Wildman–Crippen MR) is 80.5 cm³/mol. The van der Waals surface area contributed by atoms with Crippen molar-refractivity contribution in [2.24, 2.45) is 0 Å². The Morgan fingerprint density at radius 3 is 2.13 bits per heavy atom. The first kappa shape index (κ1) is 18.0. The summed E-state index contributed by atoms with van der Waals surface area (Å²) in [5.41, 5.74) is 0.850. The van der Waals surface area contributed by atoms with Crippen molar-refractivity contribution in [2.45, 2.75) is 18.0 Å². The Hall–Kier alpha value is -1.31. The minimum absolute atomic E-state index is 0.0528. The van der Waals surface area contributed by atoms with Gasteiger partial charge in [0.2, 0.25) is 0 Å². The lowest BCUT2D eigenvalue weighted by molar-refractivity contribution is 0.128. The highest BCUT2D eigenvalue weighted by atomic mass is 31.2. The van der Waals surface area contributed by atoms with Crippen LogP contribution in [0.5, 0.6) is 0 Å². The van der Waals surface area contributed by atoms with Gasteiger partial charge >= 0.3 is 15.2 Å². The number of hydrogen-bond acceptors (Lipinski definition) is 4. The first-order chi connectivity index (χ1) is 10.5. The molecule has 0 aliphatic carbocycles. The smallest absolute Gasteiger partial charge is 0.367 e. The van der Waals surface area contributed by atoms with Crippen molar-refractivity contribution in [2.75, 3.05) is 0 Å². The summed E-state index contributed by atoms with van der Waals surface area (Å²) in [4.78, 5) is 40.6. The molecule has 0 saturated carbocycles. The summed E-state index contributed by atoms with van der Waals surface area (Å²) in [6, 6.07) is 9.03. The van der Waals surface area contributed by atoms with Gasteiger partial charge in [-0.15, -0.1) is 0 Å². The third-order valence-electron chi connectivity index (χ3n) is 3.33. The summed E-state index contributed by atoms with van der Waals surface area (Å²) < 4.78 is 24.3. The van der Waals surface area contributed by atoms with Crippen molar-refractivity contribution >= 4 is 15.2 Å². The standard InChI is InChI=1S/C12H16N2O7P2/c15-12(22(16,17)18,23(19,20)21)8-11-13-6-7-14(11)9-10-4-2-1-3-5-10/h1-7,15H,8-9H2,(H2,16,17,18)(H2,19,20,21). The van der Waals surface area contributed by atoms with Gasteiger partial charge in [0.25, 0.3) is 5.08 Å². The van der Waals surface area contributed by atoms with E-state index in [9.17, 15) is 33.8 Å². The average Bonchev–Trinajstić information content (AvgIpc) is 2.84. The van der Waals surface area contributed by atoms with Crippen molar-refractivity contribution in [3.8, 4) is 0 Å². The zero-order chi connectivity index (χ0) is 17.3. The van der Waals surface area contributed by atoms with Crippen LogP contribution in [0.2, 0.25) is 0 Å². The van der Waals surface area contributed by atoms with Crippen LogP contribution in [0.1, 0.15) is 11.4 Å². The van der Waals surface area contributed by atoms with E-state index in [1.807, 2.05) is 18.2 Å². The Bertz CT molecular complexity index is 743. The molecule has 0 fully saturated rings. The molecule has 2 rings (SSSR count). The fourth-order valence-electron chi connectivity index (χ4n) is 2.02. The Labute approximate surface area is 131 Å². The van der Waals surface area contributed by atoms with Gasteiger partial charge in [0, 0.05) is 18.9 Å². The molecule has 0 bridgehead atoms. The van der Waals surface area contributed by atoms with Crippen molar-refractivity contribution in [1.29, 1.82) is 0 Å². The van der Waals surface area contributed by atoms with E-state index in [0.29, 0.717) is 0 Å². The molecular formula is C12H16N2O7P2. The van der Waals surface area contributed by atoms with Crippen LogP contribution in [-0.2, 0) is 22.1 Å². The highest BCUT2D eigenvalue weighted by molar-refractivity contribution is 7.72. The fraction of sp³-hybridized carbons (Fsp3) is 0.250. The van der Waals surface area contributed by atoms with Crippen molar-refractivity contribution in [3.05, 3.63) is 54.1 Å². The monoisotopic (exact) mass is 362 g/mol. The van der Waals surface area contributed by atoms with E-state index in [1.54, 1.807) is 12.1 Å². The molecule has 0 spiro atoms. The summed E-state index contributed by atoms with van der Waals surface area (Å²) >= 11 is 0. The molecule has 0 radical (unpaired) electrons. The molecule has 1 aromatic heterocycles. The number of benzene rings is 1. The maximum Gasteiger partial charge on any atom is 0.369 e. The fourth-order valence-corrected chi connectivity index (χ4v) is 4.07. The van der Waals surface area contributed by atoms with Crippen LogP contribution < -0.4 is 0 Å². The highest BCUT2D eigenvalue weighted by Crippen LogP contribution is 2.68. The molecule has 11 heteroatoms. The second-order valence-electron chi connectivity index (χ2n) is 5.00. The number of nitrogens with zero attached hydrogens (tertiary/aromatic N) is 2. The van der Waals surface area contributed by atoms with E-state index in [4.69, 9.17) is 0 Å². The molecule has 23 heavy (non-hydrogen) atoms. The van der Waals surface area contributed by atoms with Crippen molar-refractivity contribution < 1.29 is 33.8 Å². The van der Waals surface area contributed by atoms with Gasteiger partial charge in [0.05, 0.1) is 6.42 Å². The predicted octanol–water partition coefficient (Wildman–Crippen LogP) is 0.475. The van der Waals surface area contributed by atoms with Crippen molar-refractivity contribution in [3.63, 3.8) is 0 Å². The molecule has 9 nitrogen and oxygen atoms in total. The first-order valence-corrected chi connectivity index (χ1v) is 9.65. The average molecular weight is 362 g/mol. The summed E-state index contributed by atoms with van der Waals surface area (Å²) in [5, 5.41) is 6.45. The highest BCUT2D eigenvalue weighted by Gasteiger charge is 2.59. The molecule has 0 atom stereocenters. The van der Waals surface area contributed by atoms with Gasteiger partial charge in [-0.2, -0.15) is 0 Å². The lowest BCUT2D eigenvalue weighted by atomic mass is 10.2. The van der Waals surface area contributed by atoms with Gasteiger partial charge in [-0.25, -0.2) is 4.98 Å². The number of imidazole rings is 1. The lowest BCUT2D eigenvalue weighted by Crippen LogP contribution is -2.32. The minimum Gasteiger partial charge on any atom is -0.367 e. The first-order valence-electron chi connectivity index (χ1n) is 6.42. The van der Waals surface area contributed by atoms with E-state index in [-0.39, 0.29) is 12.4 Å². The number of hydrogen-bond donors (Lipinski definition) is 5. The van der Waals surface area contributed by atoms with Crippen LogP contribution in [0.15, 0.2) is 42.7 Å². The molecule has 0 aliphatic heterocycles. The quantitative estimate of drug-likeness (QED) is 0.465. The number of rotatable bonds is 6. The third-order valence-corrected chi connectivity index (χ3v) is 7.07. The Kier molecular flexibility index (Phi) is 4.94. The summed E-state index contributed by atoms with van der Waals surface area (Å²) in [5.74, 6) is -0.0528. The van der Waals surface area contributed by atoms with Gasteiger partial charge in [-0.1, -0.05) is 30.3 Å². The van der Waals surface area contributed by atoms with Crippen molar-refractivity contribution in [1.82, 2.24) is 9.55 Å². The molecular weight excluding hydrogens is 346 g/mol. The topological polar surface area (TPSA) is 153 Å². The van der Waals surface area contributed by atoms with Gasteiger partial charge < -0.3 is 29.2 Å². The molecule has 2 aromatic rings. The molecule has 1 aromatic carbocycles. The zero-order valence-electron chi connectivity index (χ0n) is 11.8. The van der Waals surface area contributed by atoms with Gasteiger partial charge in [-0.3, -0.25) is 9.13 Å². The van der Waals surface area contributed by atoms with Crippen LogP contribution in [0.3, 0.4) is 0 Å². The van der Waals surface area contributed by atoms with Crippen LogP contribution >= 0.6 is 15.2 Å². The Morgan fingerprint density at radius 2 is 1.61 bits per heavy atom. The van der Waals surface area contributed by atoms with Crippen LogP contribution in [0.4, 0.5) is 0 Å². The van der Waals surface area contributed by atoms with Gasteiger partial charge in [-0.05, 0) is 5.56 Å². The van der Waals surface area contributed by atoms with Crippen LogP contribution in [-0.4, -0.2) is 39.3 Å². The Morgan fingerprint density at radius 1 is 1.04 bits per heavy atom. The maximum absolute atomic E-state index is 11.4. The van der Waals surface area contributed by atoms with Crippen LogP contribution in [0.25, 0.3) is 0 Å². The maximum atomic E-state index is 11.4. The summed E-state index contributed by atoms with van der Waals surface area (Å²) in [6.45, 7) is 0.272.